The van der Waals surface area contributed by atoms with Crippen molar-refractivity contribution in [2.75, 3.05) is 23.2 Å². The summed E-state index contributed by atoms with van der Waals surface area (Å²) >= 11 is 0. The normalized spacial score (nSPS) is 15.7. The molecule has 7 heteroatoms. The fourth-order valence-corrected chi connectivity index (χ4v) is 4.63. The highest BCUT2D eigenvalue weighted by Gasteiger charge is 2.28. The Hall–Kier alpha value is -2.38. The molecule has 144 valence electrons. The molecule has 1 saturated heterocycles. The number of hydrogen-bond donors (Lipinski definition) is 1. The van der Waals surface area contributed by atoms with Crippen LogP contribution in [0.4, 0.5) is 5.69 Å². The molecule has 3 rings (SSSR count). The molecule has 27 heavy (non-hydrogen) atoms. The first kappa shape index (κ1) is 19.4. The molecule has 1 fully saturated rings. The van der Waals surface area contributed by atoms with Crippen molar-refractivity contribution < 1.29 is 17.9 Å². The Morgan fingerprint density at radius 2 is 1.81 bits per heavy atom. The van der Waals surface area contributed by atoms with Gasteiger partial charge in [-0.05, 0) is 48.7 Å². The maximum Gasteiger partial charge on any atom is 0.251 e. The Morgan fingerprint density at radius 3 is 2.44 bits per heavy atom. The van der Waals surface area contributed by atoms with Crippen LogP contribution in [0.3, 0.4) is 0 Å². The van der Waals surface area contributed by atoms with E-state index in [1.807, 2.05) is 31.2 Å². The summed E-state index contributed by atoms with van der Waals surface area (Å²) in [6.45, 7) is 4.00. The van der Waals surface area contributed by atoms with Gasteiger partial charge in [-0.15, -0.1) is 0 Å². The van der Waals surface area contributed by atoms with Crippen LogP contribution in [0, 0.1) is 0 Å². The maximum absolute atomic E-state index is 12.4. The quantitative estimate of drug-likeness (QED) is 0.791. The number of ether oxygens (including phenoxy) is 1. The van der Waals surface area contributed by atoms with Gasteiger partial charge in [-0.1, -0.05) is 24.3 Å². The molecule has 1 heterocycles. The average Bonchev–Trinajstić information content (AvgIpc) is 3.04. The van der Waals surface area contributed by atoms with Gasteiger partial charge in [0, 0.05) is 25.3 Å². The summed E-state index contributed by atoms with van der Waals surface area (Å²) in [4.78, 5) is 12.4. The van der Waals surface area contributed by atoms with E-state index in [1.54, 1.807) is 24.3 Å². The molecule has 1 N–H and O–H groups in total. The molecule has 0 spiro atoms. The number of anilines is 1. The summed E-state index contributed by atoms with van der Waals surface area (Å²) in [5, 5.41) is 2.91. The number of hydrogen-bond acceptors (Lipinski definition) is 4. The third-order valence-electron chi connectivity index (χ3n) is 4.54. The molecule has 0 aromatic heterocycles. The molecule has 1 aliphatic heterocycles. The Morgan fingerprint density at radius 1 is 1.11 bits per heavy atom. The predicted octanol–water partition coefficient (Wildman–Crippen LogP) is 2.69. The lowest BCUT2D eigenvalue weighted by Crippen LogP contribution is -2.26. The molecule has 0 aliphatic carbocycles. The third kappa shape index (κ3) is 4.67. The van der Waals surface area contributed by atoms with E-state index in [0.717, 1.165) is 11.1 Å². The minimum atomic E-state index is -3.21. The molecule has 1 amide bonds. The molecule has 1 aliphatic rings. The molecule has 0 radical (unpaired) electrons. The number of nitrogens with zero attached hydrogens (tertiary/aromatic N) is 1. The van der Waals surface area contributed by atoms with Gasteiger partial charge >= 0.3 is 0 Å². The number of amides is 1. The van der Waals surface area contributed by atoms with E-state index < -0.39 is 10.0 Å². The Bertz CT molecular complexity index is 894. The van der Waals surface area contributed by atoms with Crippen LogP contribution in [0.5, 0.6) is 0 Å². The Balaban J connectivity index is 1.64. The zero-order valence-electron chi connectivity index (χ0n) is 15.3. The van der Waals surface area contributed by atoms with Crippen molar-refractivity contribution in [1.82, 2.24) is 5.32 Å². The summed E-state index contributed by atoms with van der Waals surface area (Å²) in [7, 11) is -3.21. The third-order valence-corrected chi connectivity index (χ3v) is 6.41. The Labute approximate surface area is 160 Å². The van der Waals surface area contributed by atoms with Crippen LogP contribution in [0.25, 0.3) is 0 Å². The molecule has 6 nitrogen and oxygen atoms in total. The van der Waals surface area contributed by atoms with Crippen LogP contribution in [-0.2, 0) is 27.9 Å². The van der Waals surface area contributed by atoms with E-state index >= 15 is 0 Å². The van der Waals surface area contributed by atoms with Crippen molar-refractivity contribution in [2.24, 2.45) is 0 Å². The highest BCUT2D eigenvalue weighted by molar-refractivity contribution is 7.93. The van der Waals surface area contributed by atoms with Crippen molar-refractivity contribution in [3.63, 3.8) is 0 Å². The van der Waals surface area contributed by atoms with Crippen LogP contribution in [0.15, 0.2) is 48.5 Å². The first-order valence-corrected chi connectivity index (χ1v) is 10.7. The van der Waals surface area contributed by atoms with Gasteiger partial charge in [0.05, 0.1) is 18.0 Å². The van der Waals surface area contributed by atoms with Crippen LogP contribution in [0.1, 0.15) is 34.8 Å². The average molecular weight is 388 g/mol. The zero-order valence-corrected chi connectivity index (χ0v) is 16.2. The van der Waals surface area contributed by atoms with Crippen molar-refractivity contribution in [3.05, 3.63) is 65.2 Å². The van der Waals surface area contributed by atoms with Crippen LogP contribution in [0.2, 0.25) is 0 Å². The molecule has 0 unspecified atom stereocenters. The van der Waals surface area contributed by atoms with Gasteiger partial charge < -0.3 is 10.1 Å². The molecule has 0 atom stereocenters. The highest BCUT2D eigenvalue weighted by atomic mass is 32.2. The summed E-state index contributed by atoms with van der Waals surface area (Å²) in [6.07, 6.45) is 0.631. The van der Waals surface area contributed by atoms with E-state index in [1.165, 1.54) is 4.31 Å². The van der Waals surface area contributed by atoms with Crippen molar-refractivity contribution in [2.45, 2.75) is 26.5 Å². The zero-order chi connectivity index (χ0) is 19.3. The summed E-state index contributed by atoms with van der Waals surface area (Å²) in [6, 6.07) is 14.5. The summed E-state index contributed by atoms with van der Waals surface area (Å²) in [5.74, 6) is -0.0202. The summed E-state index contributed by atoms with van der Waals surface area (Å²) in [5.41, 5.74) is 3.16. The standard InChI is InChI=1S/C20H24N2O4S/c1-2-26-15-18-7-4-3-6-17(18)14-21-20(23)16-8-10-19(11-9-16)22-12-5-13-27(22,24)25/h3-4,6-11H,2,5,12-15H2,1H3,(H,21,23). The predicted molar refractivity (Wildman–Crippen MR) is 105 cm³/mol. The topological polar surface area (TPSA) is 75.7 Å². The monoisotopic (exact) mass is 388 g/mol. The molecule has 2 aromatic carbocycles. The van der Waals surface area contributed by atoms with Gasteiger partial charge in [-0.2, -0.15) is 0 Å². The van der Waals surface area contributed by atoms with E-state index in [9.17, 15) is 13.2 Å². The van der Waals surface area contributed by atoms with Crippen molar-refractivity contribution in [1.29, 1.82) is 0 Å². The second-order valence-electron chi connectivity index (χ2n) is 6.38. The number of sulfonamides is 1. The van der Waals surface area contributed by atoms with Gasteiger partial charge in [0.2, 0.25) is 10.0 Å². The van der Waals surface area contributed by atoms with Crippen molar-refractivity contribution in [3.8, 4) is 0 Å². The molecular formula is C20H24N2O4S. The number of rotatable bonds is 7. The minimum Gasteiger partial charge on any atom is -0.377 e. The van der Waals surface area contributed by atoms with Crippen molar-refractivity contribution >= 4 is 21.6 Å². The number of carbonyl (C=O) groups is 1. The van der Waals surface area contributed by atoms with Gasteiger partial charge in [0.25, 0.3) is 5.91 Å². The SMILES string of the molecule is CCOCc1ccccc1CNC(=O)c1ccc(N2CCCS2(=O)=O)cc1. The summed E-state index contributed by atoms with van der Waals surface area (Å²) < 4.78 is 30.8. The van der Waals surface area contributed by atoms with Gasteiger partial charge in [-0.3, -0.25) is 9.10 Å². The van der Waals surface area contributed by atoms with E-state index in [4.69, 9.17) is 4.74 Å². The maximum atomic E-state index is 12.4. The van der Waals surface area contributed by atoms with E-state index in [0.29, 0.717) is 44.0 Å². The lowest BCUT2D eigenvalue weighted by molar-refractivity contribution is 0.0950. The molecule has 0 saturated carbocycles. The van der Waals surface area contributed by atoms with Crippen LogP contribution in [-0.4, -0.2) is 33.2 Å². The number of benzene rings is 2. The lowest BCUT2D eigenvalue weighted by atomic mass is 10.1. The smallest absolute Gasteiger partial charge is 0.251 e. The van der Waals surface area contributed by atoms with Gasteiger partial charge in [0.15, 0.2) is 0 Å². The van der Waals surface area contributed by atoms with Crippen LogP contribution >= 0.6 is 0 Å². The minimum absolute atomic E-state index is 0.177. The Kier molecular flexibility index (Phi) is 6.13. The first-order chi connectivity index (χ1) is 13.0. The van der Waals surface area contributed by atoms with Gasteiger partial charge in [0.1, 0.15) is 0 Å². The first-order valence-electron chi connectivity index (χ1n) is 9.04. The molecular weight excluding hydrogens is 364 g/mol. The lowest BCUT2D eigenvalue weighted by Gasteiger charge is -2.17. The van der Waals surface area contributed by atoms with Gasteiger partial charge in [-0.25, -0.2) is 8.42 Å². The second kappa shape index (κ2) is 8.54. The number of nitrogens with one attached hydrogen (secondary N) is 1. The molecule has 0 bridgehead atoms. The molecule has 2 aromatic rings. The largest absolute Gasteiger partial charge is 0.377 e. The number of carbonyl (C=O) groups excluding carboxylic acids is 1. The van der Waals surface area contributed by atoms with Crippen LogP contribution < -0.4 is 9.62 Å². The fourth-order valence-electron chi connectivity index (χ4n) is 3.07. The highest BCUT2D eigenvalue weighted by Crippen LogP contribution is 2.24. The van der Waals surface area contributed by atoms with E-state index in [2.05, 4.69) is 5.32 Å². The second-order valence-corrected chi connectivity index (χ2v) is 8.39. The fraction of sp³-hybridized carbons (Fsp3) is 0.350. The van der Waals surface area contributed by atoms with E-state index in [-0.39, 0.29) is 11.7 Å².